The molecule has 96 valence electrons. The van der Waals surface area contributed by atoms with Crippen molar-refractivity contribution in [1.29, 1.82) is 0 Å². The van der Waals surface area contributed by atoms with E-state index in [1.165, 1.54) is 5.56 Å². The van der Waals surface area contributed by atoms with E-state index < -0.39 is 0 Å². The molecule has 0 bridgehead atoms. The van der Waals surface area contributed by atoms with E-state index in [2.05, 4.69) is 32.0 Å². The van der Waals surface area contributed by atoms with Crippen LogP contribution in [0.5, 0.6) is 5.75 Å². The van der Waals surface area contributed by atoms with Gasteiger partial charge in [0.15, 0.2) is 0 Å². The molecule has 0 aliphatic rings. The maximum atomic E-state index is 5.79. The molecule has 0 fully saturated rings. The molecule has 0 unspecified atom stereocenters. The van der Waals surface area contributed by atoms with Crippen LogP contribution in [-0.2, 0) is 11.3 Å². The molecule has 1 aromatic carbocycles. The third-order valence-corrected chi connectivity index (χ3v) is 2.62. The van der Waals surface area contributed by atoms with Crippen molar-refractivity contribution in [3.8, 4) is 5.75 Å². The fourth-order valence-corrected chi connectivity index (χ4v) is 1.70. The van der Waals surface area contributed by atoms with Crippen molar-refractivity contribution < 1.29 is 9.47 Å². The van der Waals surface area contributed by atoms with Gasteiger partial charge in [0.05, 0.1) is 13.2 Å². The van der Waals surface area contributed by atoms with E-state index in [1.807, 2.05) is 0 Å². The largest absolute Gasteiger partial charge is 0.493 e. The summed E-state index contributed by atoms with van der Waals surface area (Å²) in [4.78, 5) is 0. The van der Waals surface area contributed by atoms with Crippen molar-refractivity contribution in [3.05, 3.63) is 29.3 Å². The monoisotopic (exact) mass is 237 g/mol. The maximum absolute atomic E-state index is 5.79. The van der Waals surface area contributed by atoms with Crippen LogP contribution >= 0.6 is 0 Å². The summed E-state index contributed by atoms with van der Waals surface area (Å²) in [5, 5.41) is 0. The molecule has 0 saturated carbocycles. The van der Waals surface area contributed by atoms with Crippen LogP contribution in [0.15, 0.2) is 18.2 Å². The Morgan fingerprint density at radius 3 is 2.65 bits per heavy atom. The van der Waals surface area contributed by atoms with Gasteiger partial charge in [-0.2, -0.15) is 0 Å². The molecule has 3 nitrogen and oxygen atoms in total. The lowest BCUT2D eigenvalue weighted by Crippen LogP contribution is -2.08. The van der Waals surface area contributed by atoms with Crippen molar-refractivity contribution in [2.75, 3.05) is 20.3 Å². The Hall–Kier alpha value is -1.06. The Labute approximate surface area is 104 Å². The number of hydrogen-bond donors (Lipinski definition) is 1. The van der Waals surface area contributed by atoms with Crippen LogP contribution in [0.2, 0.25) is 0 Å². The third kappa shape index (κ3) is 4.36. The lowest BCUT2D eigenvalue weighted by Gasteiger charge is -2.15. The second-order valence-corrected chi connectivity index (χ2v) is 4.45. The lowest BCUT2D eigenvalue weighted by molar-refractivity contribution is 0.184. The fourth-order valence-electron chi connectivity index (χ4n) is 1.70. The number of ether oxygens (including phenoxy) is 2. The minimum atomic E-state index is 0.458. The van der Waals surface area contributed by atoms with Gasteiger partial charge < -0.3 is 15.2 Å². The summed E-state index contributed by atoms with van der Waals surface area (Å²) in [7, 11) is 1.70. The topological polar surface area (TPSA) is 44.5 Å². The van der Waals surface area contributed by atoms with E-state index in [9.17, 15) is 0 Å². The summed E-state index contributed by atoms with van der Waals surface area (Å²) < 4.78 is 10.9. The van der Waals surface area contributed by atoms with Crippen molar-refractivity contribution in [2.24, 2.45) is 5.73 Å². The molecule has 0 amide bonds. The molecule has 17 heavy (non-hydrogen) atoms. The average molecular weight is 237 g/mol. The number of benzene rings is 1. The van der Waals surface area contributed by atoms with Gasteiger partial charge in [0, 0.05) is 7.11 Å². The molecule has 0 heterocycles. The highest BCUT2D eigenvalue weighted by atomic mass is 16.5. The van der Waals surface area contributed by atoms with Gasteiger partial charge >= 0.3 is 0 Å². The first-order valence-corrected chi connectivity index (χ1v) is 6.13. The highest BCUT2D eigenvalue weighted by molar-refractivity contribution is 5.39. The van der Waals surface area contributed by atoms with E-state index in [-0.39, 0.29) is 0 Å². The molecule has 3 heteroatoms. The van der Waals surface area contributed by atoms with Crippen molar-refractivity contribution >= 4 is 0 Å². The first-order valence-electron chi connectivity index (χ1n) is 6.13. The molecule has 0 saturated heterocycles. The molecule has 0 spiro atoms. The van der Waals surface area contributed by atoms with E-state index in [0.717, 1.165) is 17.7 Å². The zero-order valence-corrected chi connectivity index (χ0v) is 11.0. The summed E-state index contributed by atoms with van der Waals surface area (Å²) >= 11 is 0. The number of hydrogen-bond acceptors (Lipinski definition) is 3. The Kier molecular flexibility index (Phi) is 6.01. The first-order chi connectivity index (χ1) is 8.19. The van der Waals surface area contributed by atoms with Crippen LogP contribution in [-0.4, -0.2) is 20.3 Å². The van der Waals surface area contributed by atoms with Crippen LogP contribution in [0.1, 0.15) is 37.3 Å². The smallest absolute Gasteiger partial charge is 0.123 e. The van der Waals surface area contributed by atoms with Gasteiger partial charge in [0.2, 0.25) is 0 Å². The van der Waals surface area contributed by atoms with E-state index in [0.29, 0.717) is 25.7 Å². The van der Waals surface area contributed by atoms with Crippen molar-refractivity contribution in [3.63, 3.8) is 0 Å². The Morgan fingerprint density at radius 1 is 1.29 bits per heavy atom. The average Bonchev–Trinajstić information content (AvgIpc) is 2.30. The summed E-state index contributed by atoms with van der Waals surface area (Å²) in [6, 6.07) is 6.28. The van der Waals surface area contributed by atoms with E-state index >= 15 is 0 Å². The minimum Gasteiger partial charge on any atom is -0.493 e. The minimum absolute atomic E-state index is 0.458. The number of nitrogens with two attached hydrogens (primary N) is 1. The summed E-state index contributed by atoms with van der Waals surface area (Å²) in [6.07, 6.45) is 0.881. The van der Waals surface area contributed by atoms with Crippen LogP contribution in [0, 0.1) is 0 Å². The van der Waals surface area contributed by atoms with Crippen LogP contribution in [0.4, 0.5) is 0 Å². The van der Waals surface area contributed by atoms with Gasteiger partial charge in [0.1, 0.15) is 5.75 Å². The quantitative estimate of drug-likeness (QED) is 0.741. The van der Waals surface area contributed by atoms with Crippen LogP contribution < -0.4 is 10.5 Å². The molecule has 2 N–H and O–H groups in total. The molecule has 0 atom stereocenters. The highest BCUT2D eigenvalue weighted by Gasteiger charge is 2.08. The lowest BCUT2D eigenvalue weighted by atomic mass is 10.0. The SMILES string of the molecule is COCc1ccc(C(C)C)c(OCCCN)c1. The van der Waals surface area contributed by atoms with Gasteiger partial charge in [-0.1, -0.05) is 26.0 Å². The van der Waals surface area contributed by atoms with Gasteiger partial charge in [-0.15, -0.1) is 0 Å². The maximum Gasteiger partial charge on any atom is 0.123 e. The second kappa shape index (κ2) is 7.30. The van der Waals surface area contributed by atoms with Crippen molar-refractivity contribution in [1.82, 2.24) is 0 Å². The predicted molar refractivity (Wildman–Crippen MR) is 70.4 cm³/mol. The molecule has 0 radical (unpaired) electrons. The van der Waals surface area contributed by atoms with Gasteiger partial charge in [-0.3, -0.25) is 0 Å². The fraction of sp³-hybridized carbons (Fsp3) is 0.571. The zero-order valence-electron chi connectivity index (χ0n) is 11.0. The molecular weight excluding hydrogens is 214 g/mol. The molecule has 0 aromatic heterocycles. The molecular formula is C14H23NO2. The second-order valence-electron chi connectivity index (χ2n) is 4.45. The highest BCUT2D eigenvalue weighted by Crippen LogP contribution is 2.28. The summed E-state index contributed by atoms with van der Waals surface area (Å²) in [6.45, 7) is 6.29. The molecule has 0 aliphatic heterocycles. The van der Waals surface area contributed by atoms with E-state index in [4.69, 9.17) is 15.2 Å². The normalized spacial score (nSPS) is 10.9. The van der Waals surface area contributed by atoms with Gasteiger partial charge in [-0.05, 0) is 36.1 Å². The Balaban J connectivity index is 2.82. The van der Waals surface area contributed by atoms with E-state index in [1.54, 1.807) is 7.11 Å². The summed E-state index contributed by atoms with van der Waals surface area (Å²) in [5.74, 6) is 1.42. The molecule has 1 aromatic rings. The van der Waals surface area contributed by atoms with Gasteiger partial charge in [-0.25, -0.2) is 0 Å². The third-order valence-electron chi connectivity index (χ3n) is 2.62. The Bertz CT molecular complexity index is 337. The van der Waals surface area contributed by atoms with Crippen LogP contribution in [0.3, 0.4) is 0 Å². The van der Waals surface area contributed by atoms with Crippen LogP contribution in [0.25, 0.3) is 0 Å². The summed E-state index contributed by atoms with van der Waals surface area (Å²) in [5.41, 5.74) is 7.84. The number of rotatable bonds is 7. The van der Waals surface area contributed by atoms with Gasteiger partial charge in [0.25, 0.3) is 0 Å². The standard InChI is InChI=1S/C14H23NO2/c1-11(2)13-6-5-12(10-16-3)9-14(13)17-8-4-7-15/h5-6,9,11H,4,7-8,10,15H2,1-3H3. The zero-order chi connectivity index (χ0) is 12.7. The molecule has 1 rings (SSSR count). The molecule has 0 aliphatic carbocycles. The number of methoxy groups -OCH3 is 1. The predicted octanol–water partition coefficient (Wildman–Crippen LogP) is 2.68. The Morgan fingerprint density at radius 2 is 2.06 bits per heavy atom. The first kappa shape index (κ1) is 14.0. The van der Waals surface area contributed by atoms with Crippen molar-refractivity contribution in [2.45, 2.75) is 32.8 Å².